The van der Waals surface area contributed by atoms with Gasteiger partial charge >= 0.3 is 11.9 Å². The quantitative estimate of drug-likeness (QED) is 0.416. The number of ether oxygens (including phenoxy) is 2. The van der Waals surface area contributed by atoms with Crippen molar-refractivity contribution in [3.05, 3.63) is 21.2 Å². The molecular weight excluding hydrogens is 300 g/mol. The summed E-state index contributed by atoms with van der Waals surface area (Å²) in [6.45, 7) is 7.07. The molecule has 0 aromatic carbocycles. The Bertz CT molecular complexity index is 385. The molecule has 0 bridgehead atoms. The minimum atomic E-state index is -0.525. The molecule has 0 spiro atoms. The molecule has 20 heavy (non-hydrogen) atoms. The summed E-state index contributed by atoms with van der Waals surface area (Å²) in [5.41, 5.74) is 11.9. The van der Waals surface area contributed by atoms with E-state index in [9.17, 15) is 9.59 Å². The Hall–Kier alpha value is -1.28. The van der Waals surface area contributed by atoms with E-state index >= 15 is 0 Å². The van der Waals surface area contributed by atoms with Crippen molar-refractivity contribution in [2.45, 2.75) is 27.7 Å². The smallest absolute Gasteiger partial charge is 0.347 e. The number of carbonyl (C=O) groups excluding carboxylic acids is 2. The monoisotopic (exact) mass is 320 g/mol. The van der Waals surface area contributed by atoms with Crippen molar-refractivity contribution >= 4 is 33.5 Å². The van der Waals surface area contributed by atoms with E-state index in [4.69, 9.17) is 20.9 Å². The second-order valence-corrected chi connectivity index (χ2v) is 5.78. The van der Waals surface area contributed by atoms with Gasteiger partial charge < -0.3 is 20.9 Å². The van der Waals surface area contributed by atoms with Crippen LogP contribution in [-0.4, -0.2) is 25.2 Å². The van der Waals surface area contributed by atoms with Crippen LogP contribution in [0.1, 0.15) is 27.7 Å². The predicted octanol–water partition coefficient (Wildman–Crippen LogP) is 1.87. The molecule has 0 unspecified atom stereocenters. The van der Waals surface area contributed by atoms with Crippen LogP contribution in [0, 0.1) is 0 Å². The van der Waals surface area contributed by atoms with Crippen LogP contribution in [0.5, 0.6) is 0 Å². The van der Waals surface area contributed by atoms with Crippen LogP contribution in [0.3, 0.4) is 0 Å². The van der Waals surface area contributed by atoms with Crippen LogP contribution >= 0.6 is 21.6 Å². The van der Waals surface area contributed by atoms with E-state index in [0.29, 0.717) is 11.4 Å². The zero-order valence-corrected chi connectivity index (χ0v) is 13.7. The largest absolute Gasteiger partial charge is 0.462 e. The topological polar surface area (TPSA) is 105 Å². The first kappa shape index (κ1) is 18.7. The zero-order valence-electron chi connectivity index (χ0n) is 12.0. The van der Waals surface area contributed by atoms with Gasteiger partial charge in [0.05, 0.1) is 13.2 Å². The van der Waals surface area contributed by atoms with Gasteiger partial charge in [-0.25, -0.2) is 9.59 Å². The van der Waals surface area contributed by atoms with Crippen LogP contribution in [0.25, 0.3) is 0 Å². The highest BCUT2D eigenvalue weighted by molar-refractivity contribution is 8.80. The predicted molar refractivity (Wildman–Crippen MR) is 82.2 cm³/mol. The summed E-state index contributed by atoms with van der Waals surface area (Å²) in [4.78, 5) is 23.9. The van der Waals surface area contributed by atoms with Crippen LogP contribution in [-0.2, 0) is 19.1 Å². The first-order valence-corrected chi connectivity index (χ1v) is 8.11. The molecule has 6 nitrogen and oxygen atoms in total. The first-order valence-electron chi connectivity index (χ1n) is 5.96. The molecule has 8 heteroatoms. The Balaban J connectivity index is 4.94. The zero-order chi connectivity index (χ0) is 15.7. The molecule has 0 aromatic heterocycles. The molecule has 0 atom stereocenters. The van der Waals surface area contributed by atoms with Crippen molar-refractivity contribution in [1.29, 1.82) is 0 Å². The third-order valence-corrected chi connectivity index (χ3v) is 4.49. The number of allylic oxidation sites excluding steroid dienone is 2. The van der Waals surface area contributed by atoms with Gasteiger partial charge in [-0.2, -0.15) is 0 Å². The summed E-state index contributed by atoms with van der Waals surface area (Å²) in [7, 11) is 2.05. The molecule has 114 valence electrons. The van der Waals surface area contributed by atoms with E-state index in [-0.39, 0.29) is 23.0 Å². The van der Waals surface area contributed by atoms with Crippen molar-refractivity contribution in [3.8, 4) is 0 Å². The summed E-state index contributed by atoms with van der Waals surface area (Å²) >= 11 is 0. The molecule has 0 aliphatic rings. The molecule has 0 rings (SSSR count). The Morgan fingerprint density at radius 3 is 1.35 bits per heavy atom. The molecule has 0 heterocycles. The molecule has 4 N–H and O–H groups in total. The van der Waals surface area contributed by atoms with Gasteiger partial charge in [0.1, 0.15) is 9.81 Å². The Morgan fingerprint density at radius 2 is 1.15 bits per heavy atom. The molecule has 0 fully saturated rings. The highest BCUT2D eigenvalue weighted by Gasteiger charge is 2.20. The SMILES string of the molecule is CCOC(=O)/C(SS/C(C(=O)OCC)=C(\C)N)=C(/C)N. The van der Waals surface area contributed by atoms with Gasteiger partial charge in [0, 0.05) is 11.4 Å². The third-order valence-electron chi connectivity index (χ3n) is 1.85. The van der Waals surface area contributed by atoms with Crippen LogP contribution < -0.4 is 11.5 Å². The maximum atomic E-state index is 11.7. The van der Waals surface area contributed by atoms with Gasteiger partial charge in [0.2, 0.25) is 0 Å². The Labute approximate surface area is 126 Å². The van der Waals surface area contributed by atoms with Crippen LogP contribution in [0.15, 0.2) is 21.2 Å². The first-order chi connectivity index (χ1) is 9.34. The second-order valence-electron chi connectivity index (χ2n) is 3.63. The number of nitrogens with two attached hydrogens (primary N) is 2. The number of rotatable bonds is 7. The van der Waals surface area contributed by atoms with Crippen molar-refractivity contribution in [2.75, 3.05) is 13.2 Å². The number of esters is 2. The fourth-order valence-corrected chi connectivity index (χ4v) is 3.38. The van der Waals surface area contributed by atoms with Gasteiger partial charge in [-0.15, -0.1) is 0 Å². The highest BCUT2D eigenvalue weighted by atomic mass is 33.1. The van der Waals surface area contributed by atoms with Crippen LogP contribution in [0.2, 0.25) is 0 Å². The lowest BCUT2D eigenvalue weighted by molar-refractivity contribution is -0.138. The summed E-state index contributed by atoms with van der Waals surface area (Å²) < 4.78 is 9.78. The highest BCUT2D eigenvalue weighted by Crippen LogP contribution is 2.38. The van der Waals surface area contributed by atoms with E-state index in [1.165, 1.54) is 0 Å². The molecule has 0 aliphatic carbocycles. The van der Waals surface area contributed by atoms with E-state index in [0.717, 1.165) is 21.6 Å². The average Bonchev–Trinajstić information content (AvgIpc) is 2.33. The normalized spacial score (nSPS) is 13.2. The van der Waals surface area contributed by atoms with E-state index in [2.05, 4.69) is 0 Å². The van der Waals surface area contributed by atoms with E-state index in [1.54, 1.807) is 27.7 Å². The van der Waals surface area contributed by atoms with E-state index in [1.807, 2.05) is 0 Å². The van der Waals surface area contributed by atoms with Gasteiger partial charge in [-0.05, 0) is 49.3 Å². The molecule has 0 aliphatic heterocycles. The van der Waals surface area contributed by atoms with Crippen molar-refractivity contribution in [3.63, 3.8) is 0 Å². The summed E-state index contributed by atoms with van der Waals surface area (Å²) in [6, 6.07) is 0. The maximum Gasteiger partial charge on any atom is 0.347 e. The summed E-state index contributed by atoms with van der Waals surface area (Å²) in [5.74, 6) is -1.05. The fraction of sp³-hybridized carbons (Fsp3) is 0.500. The number of hydrogen-bond donors (Lipinski definition) is 2. The van der Waals surface area contributed by atoms with Gasteiger partial charge in [-0.3, -0.25) is 0 Å². The van der Waals surface area contributed by atoms with Crippen LogP contribution in [0.4, 0.5) is 0 Å². The summed E-state index contributed by atoms with van der Waals surface area (Å²) in [5, 5.41) is 0. The van der Waals surface area contributed by atoms with Crippen molar-refractivity contribution in [2.24, 2.45) is 11.5 Å². The number of hydrogen-bond acceptors (Lipinski definition) is 8. The minimum absolute atomic E-state index is 0.236. The lowest BCUT2D eigenvalue weighted by Gasteiger charge is -2.10. The molecule has 0 saturated heterocycles. The lowest BCUT2D eigenvalue weighted by Crippen LogP contribution is -2.12. The lowest BCUT2D eigenvalue weighted by atomic mass is 10.4. The molecule has 0 amide bonds. The maximum absolute atomic E-state index is 11.7. The molecule has 0 aromatic rings. The second kappa shape index (κ2) is 9.60. The number of carbonyl (C=O) groups is 2. The Morgan fingerprint density at radius 1 is 0.850 bits per heavy atom. The third kappa shape index (κ3) is 6.25. The standard InChI is InChI=1S/C12H20N2O4S2/c1-5-17-11(15)9(7(3)13)19-20-10(8(4)14)12(16)18-6-2/h5-6,13-14H2,1-4H3/b9-7+,10-8+. The van der Waals surface area contributed by atoms with Gasteiger partial charge in [0.25, 0.3) is 0 Å². The van der Waals surface area contributed by atoms with Gasteiger partial charge in [0.15, 0.2) is 0 Å². The Kier molecular flexibility index (Phi) is 8.98. The fourth-order valence-electron chi connectivity index (χ4n) is 0.998. The van der Waals surface area contributed by atoms with Crippen molar-refractivity contribution in [1.82, 2.24) is 0 Å². The minimum Gasteiger partial charge on any atom is -0.462 e. The molecular formula is C12H20N2O4S2. The average molecular weight is 320 g/mol. The molecule has 0 saturated carbocycles. The summed E-state index contributed by atoms with van der Waals surface area (Å²) in [6.07, 6.45) is 0. The van der Waals surface area contributed by atoms with Gasteiger partial charge in [-0.1, -0.05) is 0 Å². The molecule has 0 radical (unpaired) electrons. The van der Waals surface area contributed by atoms with E-state index < -0.39 is 11.9 Å². The van der Waals surface area contributed by atoms with Crippen molar-refractivity contribution < 1.29 is 19.1 Å².